The minimum Gasteiger partial charge on any atom is -0.308 e. The molecular weight excluding hydrogens is 226 g/mol. The summed E-state index contributed by atoms with van der Waals surface area (Å²) >= 11 is 0. The molecule has 0 aromatic carbocycles. The van der Waals surface area contributed by atoms with Crippen LogP contribution in [0.4, 0.5) is 0 Å². The van der Waals surface area contributed by atoms with Crippen molar-refractivity contribution in [1.29, 1.82) is 0 Å². The van der Waals surface area contributed by atoms with Crippen LogP contribution in [0.25, 0.3) is 0 Å². The lowest BCUT2D eigenvalue weighted by Crippen LogP contribution is -2.15. The van der Waals surface area contributed by atoms with Crippen molar-refractivity contribution in [2.45, 2.75) is 38.4 Å². The standard InChI is InChI=1S/C13H17N5/c1-2-12(1)15-9-13-10-18(17-16-13)8-5-11-3-6-14-7-4-11/h3-4,6-7,10,12,15H,1-2,5,8-9H2. The molecule has 1 aliphatic rings. The Labute approximate surface area is 106 Å². The van der Waals surface area contributed by atoms with Gasteiger partial charge in [-0.05, 0) is 37.0 Å². The van der Waals surface area contributed by atoms with E-state index >= 15 is 0 Å². The van der Waals surface area contributed by atoms with Gasteiger partial charge >= 0.3 is 0 Å². The Hall–Kier alpha value is -1.75. The molecule has 0 bridgehead atoms. The van der Waals surface area contributed by atoms with Crippen molar-refractivity contribution in [1.82, 2.24) is 25.3 Å². The van der Waals surface area contributed by atoms with Gasteiger partial charge in [0.25, 0.3) is 0 Å². The van der Waals surface area contributed by atoms with Crippen molar-refractivity contribution in [2.24, 2.45) is 0 Å². The van der Waals surface area contributed by atoms with E-state index in [9.17, 15) is 0 Å². The molecule has 0 amide bonds. The zero-order valence-corrected chi connectivity index (χ0v) is 10.3. The molecule has 5 heteroatoms. The molecule has 1 saturated carbocycles. The van der Waals surface area contributed by atoms with Crippen molar-refractivity contribution >= 4 is 0 Å². The highest BCUT2D eigenvalue weighted by atomic mass is 15.4. The van der Waals surface area contributed by atoms with Crippen molar-refractivity contribution < 1.29 is 0 Å². The Balaban J connectivity index is 1.50. The van der Waals surface area contributed by atoms with Crippen LogP contribution in [0.3, 0.4) is 0 Å². The minimum absolute atomic E-state index is 0.715. The summed E-state index contributed by atoms with van der Waals surface area (Å²) in [5.41, 5.74) is 2.30. The smallest absolute Gasteiger partial charge is 0.0964 e. The maximum absolute atomic E-state index is 4.17. The van der Waals surface area contributed by atoms with Gasteiger partial charge in [0.1, 0.15) is 0 Å². The fraction of sp³-hybridized carbons (Fsp3) is 0.462. The monoisotopic (exact) mass is 243 g/mol. The van der Waals surface area contributed by atoms with Crippen LogP contribution in [0.15, 0.2) is 30.7 Å². The third-order valence-electron chi connectivity index (χ3n) is 3.11. The van der Waals surface area contributed by atoms with E-state index in [1.807, 2.05) is 35.4 Å². The first-order valence-corrected chi connectivity index (χ1v) is 6.41. The van der Waals surface area contributed by atoms with Crippen molar-refractivity contribution in [3.05, 3.63) is 42.0 Å². The number of pyridine rings is 1. The van der Waals surface area contributed by atoms with Crippen LogP contribution in [-0.2, 0) is 19.5 Å². The average Bonchev–Trinajstić information content (AvgIpc) is 3.14. The van der Waals surface area contributed by atoms with Crippen LogP contribution in [0.1, 0.15) is 24.1 Å². The van der Waals surface area contributed by atoms with Gasteiger partial charge in [0.2, 0.25) is 0 Å². The lowest BCUT2D eigenvalue weighted by Gasteiger charge is -2.00. The highest BCUT2D eigenvalue weighted by Crippen LogP contribution is 2.18. The van der Waals surface area contributed by atoms with Crippen LogP contribution < -0.4 is 5.32 Å². The summed E-state index contributed by atoms with van der Waals surface area (Å²) in [7, 11) is 0. The van der Waals surface area contributed by atoms with Gasteiger partial charge in [0, 0.05) is 37.7 Å². The second-order valence-electron chi connectivity index (χ2n) is 4.73. The molecule has 2 aromatic heterocycles. The lowest BCUT2D eigenvalue weighted by atomic mass is 10.2. The van der Waals surface area contributed by atoms with Crippen molar-refractivity contribution in [3.63, 3.8) is 0 Å². The molecule has 3 rings (SSSR count). The van der Waals surface area contributed by atoms with Crippen LogP contribution in [0, 0.1) is 0 Å². The number of nitrogens with zero attached hydrogens (tertiary/aromatic N) is 4. The van der Waals surface area contributed by atoms with E-state index in [1.165, 1.54) is 18.4 Å². The highest BCUT2D eigenvalue weighted by molar-refractivity contribution is 5.09. The molecule has 1 fully saturated rings. The van der Waals surface area contributed by atoms with E-state index in [1.54, 1.807) is 0 Å². The molecule has 94 valence electrons. The Bertz CT molecular complexity index is 489. The molecule has 0 aliphatic heterocycles. The van der Waals surface area contributed by atoms with E-state index in [4.69, 9.17) is 0 Å². The zero-order chi connectivity index (χ0) is 12.2. The summed E-state index contributed by atoms with van der Waals surface area (Å²) in [5.74, 6) is 0. The molecule has 0 unspecified atom stereocenters. The van der Waals surface area contributed by atoms with Crippen LogP contribution in [0.5, 0.6) is 0 Å². The summed E-state index contributed by atoms with van der Waals surface area (Å²) in [6, 6.07) is 4.78. The predicted octanol–water partition coefficient (Wildman–Crippen LogP) is 1.17. The molecule has 5 nitrogen and oxygen atoms in total. The maximum Gasteiger partial charge on any atom is 0.0964 e. The molecule has 0 radical (unpaired) electrons. The van der Waals surface area contributed by atoms with E-state index in [2.05, 4.69) is 20.6 Å². The molecule has 0 spiro atoms. The van der Waals surface area contributed by atoms with Crippen molar-refractivity contribution in [2.75, 3.05) is 0 Å². The van der Waals surface area contributed by atoms with Gasteiger partial charge in [-0.15, -0.1) is 5.10 Å². The van der Waals surface area contributed by atoms with E-state index in [-0.39, 0.29) is 0 Å². The first-order valence-electron chi connectivity index (χ1n) is 6.41. The summed E-state index contributed by atoms with van der Waals surface area (Å²) in [6.07, 6.45) is 9.23. The first-order chi connectivity index (χ1) is 8.90. The number of hydrogen-bond donors (Lipinski definition) is 1. The van der Waals surface area contributed by atoms with Crippen LogP contribution in [0.2, 0.25) is 0 Å². The molecule has 2 aromatic rings. The summed E-state index contributed by atoms with van der Waals surface area (Å²) in [4.78, 5) is 4.01. The van der Waals surface area contributed by atoms with E-state index in [0.717, 1.165) is 25.2 Å². The summed E-state index contributed by atoms with van der Waals surface area (Å²) in [6.45, 7) is 1.69. The minimum atomic E-state index is 0.715. The topological polar surface area (TPSA) is 55.6 Å². The first kappa shape index (κ1) is 11.3. The Morgan fingerprint density at radius 2 is 2.11 bits per heavy atom. The number of aromatic nitrogens is 4. The lowest BCUT2D eigenvalue weighted by molar-refractivity contribution is 0.588. The van der Waals surface area contributed by atoms with Gasteiger partial charge in [0.05, 0.1) is 5.69 Å². The SMILES string of the molecule is c1cc(CCn2cc(CNC3CC3)nn2)ccn1. The quantitative estimate of drug-likeness (QED) is 0.827. The van der Waals surface area contributed by atoms with Crippen LogP contribution >= 0.6 is 0 Å². The molecular formula is C13H17N5. The van der Waals surface area contributed by atoms with Gasteiger partial charge in [-0.1, -0.05) is 5.21 Å². The van der Waals surface area contributed by atoms with Gasteiger partial charge in [0.15, 0.2) is 0 Å². The average molecular weight is 243 g/mol. The summed E-state index contributed by atoms with van der Waals surface area (Å²) in [5, 5.41) is 11.7. The van der Waals surface area contributed by atoms with Gasteiger partial charge in [-0.3, -0.25) is 9.67 Å². The molecule has 0 saturated heterocycles. The summed E-state index contributed by atoms with van der Waals surface area (Å²) < 4.78 is 1.91. The van der Waals surface area contributed by atoms with Crippen molar-refractivity contribution in [3.8, 4) is 0 Å². The van der Waals surface area contributed by atoms with Gasteiger partial charge in [-0.2, -0.15) is 0 Å². The molecule has 0 atom stereocenters. The second-order valence-corrected chi connectivity index (χ2v) is 4.73. The second kappa shape index (κ2) is 5.27. The molecule has 1 aliphatic carbocycles. The number of nitrogens with one attached hydrogen (secondary N) is 1. The highest BCUT2D eigenvalue weighted by Gasteiger charge is 2.20. The Morgan fingerprint density at radius 3 is 2.89 bits per heavy atom. The van der Waals surface area contributed by atoms with E-state index in [0.29, 0.717) is 6.04 Å². The number of aryl methyl sites for hydroxylation is 2. The molecule has 2 heterocycles. The third-order valence-corrected chi connectivity index (χ3v) is 3.11. The molecule has 18 heavy (non-hydrogen) atoms. The maximum atomic E-state index is 4.17. The number of hydrogen-bond acceptors (Lipinski definition) is 4. The fourth-order valence-electron chi connectivity index (χ4n) is 1.86. The van der Waals surface area contributed by atoms with Gasteiger partial charge < -0.3 is 5.32 Å². The predicted molar refractivity (Wildman–Crippen MR) is 67.8 cm³/mol. The fourth-order valence-corrected chi connectivity index (χ4v) is 1.86. The Kier molecular flexibility index (Phi) is 3.32. The number of rotatable bonds is 6. The van der Waals surface area contributed by atoms with Crippen LogP contribution in [-0.4, -0.2) is 26.0 Å². The molecule has 1 N–H and O–H groups in total. The Morgan fingerprint density at radius 1 is 1.28 bits per heavy atom. The zero-order valence-electron chi connectivity index (χ0n) is 10.3. The van der Waals surface area contributed by atoms with Gasteiger partial charge in [-0.25, -0.2) is 0 Å². The largest absolute Gasteiger partial charge is 0.308 e. The normalized spacial score (nSPS) is 14.9. The third kappa shape index (κ3) is 3.13. The van der Waals surface area contributed by atoms with E-state index < -0.39 is 0 Å².